The summed E-state index contributed by atoms with van der Waals surface area (Å²) in [5.74, 6) is 1.52. The minimum Gasteiger partial charge on any atom is -0.342 e. The van der Waals surface area contributed by atoms with Gasteiger partial charge in [0.1, 0.15) is 5.82 Å². The fourth-order valence-electron chi connectivity index (χ4n) is 3.51. The first-order chi connectivity index (χ1) is 11.0. The summed E-state index contributed by atoms with van der Waals surface area (Å²) in [6.45, 7) is 5.43. The molecule has 1 atom stereocenters. The predicted molar refractivity (Wildman–Crippen MR) is 99.4 cm³/mol. The van der Waals surface area contributed by atoms with E-state index in [0.717, 1.165) is 55.6 Å². The molecule has 0 aliphatic carbocycles. The van der Waals surface area contributed by atoms with E-state index in [1.165, 1.54) is 0 Å². The third-order valence-corrected chi connectivity index (χ3v) is 4.83. The molecule has 1 aliphatic heterocycles. The highest BCUT2D eigenvalue weighted by atomic mass is 35.5. The van der Waals surface area contributed by atoms with Crippen LogP contribution in [0.15, 0.2) is 24.3 Å². The predicted octanol–water partition coefficient (Wildman–Crippen LogP) is 3.21. The van der Waals surface area contributed by atoms with E-state index in [2.05, 4.69) is 18.0 Å². The summed E-state index contributed by atoms with van der Waals surface area (Å²) in [6.07, 6.45) is 3.53. The first-order valence-electron chi connectivity index (χ1n) is 8.54. The number of fused-ring (bicyclic) bond motifs is 1. The van der Waals surface area contributed by atoms with Crippen LogP contribution >= 0.6 is 12.4 Å². The number of hydrogen-bond donors (Lipinski definition) is 2. The Bertz CT molecular complexity index is 656. The number of imidazole rings is 1. The molecule has 2 aromatic rings. The zero-order valence-electron chi connectivity index (χ0n) is 14.4. The number of carbonyl (C=O) groups excluding carboxylic acids is 1. The summed E-state index contributed by atoms with van der Waals surface area (Å²) >= 11 is 0. The lowest BCUT2D eigenvalue weighted by atomic mass is 9.91. The Hall–Kier alpha value is -1.59. The topological polar surface area (TPSA) is 75.0 Å². The van der Waals surface area contributed by atoms with Gasteiger partial charge >= 0.3 is 0 Å². The quantitative estimate of drug-likeness (QED) is 0.889. The van der Waals surface area contributed by atoms with E-state index in [0.29, 0.717) is 5.92 Å². The zero-order valence-corrected chi connectivity index (χ0v) is 15.2. The van der Waals surface area contributed by atoms with Crippen molar-refractivity contribution in [2.24, 2.45) is 5.73 Å². The van der Waals surface area contributed by atoms with E-state index in [1.807, 2.05) is 30.0 Å². The van der Waals surface area contributed by atoms with E-state index in [4.69, 9.17) is 10.7 Å². The number of aromatic nitrogens is 2. The lowest BCUT2D eigenvalue weighted by molar-refractivity contribution is -0.137. The van der Waals surface area contributed by atoms with Crippen molar-refractivity contribution in [3.63, 3.8) is 0 Å². The summed E-state index contributed by atoms with van der Waals surface area (Å²) in [4.78, 5) is 22.6. The van der Waals surface area contributed by atoms with Gasteiger partial charge in [-0.2, -0.15) is 0 Å². The number of piperidine rings is 1. The van der Waals surface area contributed by atoms with Crippen molar-refractivity contribution >= 4 is 29.3 Å². The summed E-state index contributed by atoms with van der Waals surface area (Å²) in [7, 11) is 0. The number of nitrogens with two attached hydrogens (primary N) is 1. The van der Waals surface area contributed by atoms with Crippen molar-refractivity contribution < 1.29 is 4.79 Å². The second kappa shape index (κ2) is 7.53. The average molecular weight is 351 g/mol. The van der Waals surface area contributed by atoms with Crippen LogP contribution < -0.4 is 5.73 Å². The molecule has 1 fully saturated rings. The van der Waals surface area contributed by atoms with Crippen molar-refractivity contribution in [1.29, 1.82) is 0 Å². The van der Waals surface area contributed by atoms with Crippen molar-refractivity contribution in [3.05, 3.63) is 30.1 Å². The number of amides is 1. The van der Waals surface area contributed by atoms with Crippen molar-refractivity contribution in [2.75, 3.05) is 13.1 Å². The Balaban J connectivity index is 0.00000208. The highest BCUT2D eigenvalue weighted by Gasteiger charge is 2.34. The van der Waals surface area contributed by atoms with Crippen LogP contribution in [0.3, 0.4) is 0 Å². The fourth-order valence-corrected chi connectivity index (χ4v) is 3.51. The van der Waals surface area contributed by atoms with Gasteiger partial charge in [0.15, 0.2) is 0 Å². The summed E-state index contributed by atoms with van der Waals surface area (Å²) in [5.41, 5.74) is 7.55. The Morgan fingerprint density at radius 3 is 2.67 bits per heavy atom. The number of nitrogens with zero attached hydrogens (tertiary/aromatic N) is 2. The zero-order chi connectivity index (χ0) is 16.4. The van der Waals surface area contributed by atoms with Crippen LogP contribution in [0.4, 0.5) is 0 Å². The largest absolute Gasteiger partial charge is 0.342 e. The molecule has 3 rings (SSSR count). The van der Waals surface area contributed by atoms with Gasteiger partial charge in [0.05, 0.1) is 16.6 Å². The minimum atomic E-state index is -0.735. The maximum absolute atomic E-state index is 12.6. The van der Waals surface area contributed by atoms with Crippen LogP contribution in [-0.2, 0) is 4.79 Å². The second-order valence-corrected chi connectivity index (χ2v) is 6.87. The molecule has 5 nitrogen and oxygen atoms in total. The number of hydrogen-bond acceptors (Lipinski definition) is 3. The first kappa shape index (κ1) is 18.7. The molecule has 0 spiro atoms. The third-order valence-electron chi connectivity index (χ3n) is 4.83. The molecule has 0 bridgehead atoms. The number of aromatic amines is 1. The Morgan fingerprint density at radius 1 is 1.38 bits per heavy atom. The smallest absolute Gasteiger partial charge is 0.242 e. The SMILES string of the molecule is CCCC(C)(N)C(=O)N1CCC(c2nc3ccccc3[nH]2)CC1.Cl. The lowest BCUT2D eigenvalue weighted by Crippen LogP contribution is -2.54. The number of likely N-dealkylation sites (tertiary alicyclic amines) is 1. The Morgan fingerprint density at radius 2 is 2.04 bits per heavy atom. The molecule has 3 N–H and O–H groups in total. The molecule has 24 heavy (non-hydrogen) atoms. The molecule has 0 saturated carbocycles. The van der Waals surface area contributed by atoms with Crippen LogP contribution in [0.1, 0.15) is 51.3 Å². The first-order valence-corrected chi connectivity index (χ1v) is 8.54. The molecule has 132 valence electrons. The highest BCUT2D eigenvalue weighted by Crippen LogP contribution is 2.28. The van der Waals surface area contributed by atoms with Crippen molar-refractivity contribution in [1.82, 2.24) is 14.9 Å². The van der Waals surface area contributed by atoms with Gasteiger partial charge in [-0.25, -0.2) is 4.98 Å². The van der Waals surface area contributed by atoms with E-state index in [1.54, 1.807) is 0 Å². The number of para-hydroxylation sites is 2. The molecule has 6 heteroatoms. The lowest BCUT2D eigenvalue weighted by Gasteiger charge is -2.36. The molecule has 0 radical (unpaired) electrons. The van der Waals surface area contributed by atoms with Gasteiger partial charge in [0.2, 0.25) is 5.91 Å². The monoisotopic (exact) mass is 350 g/mol. The maximum atomic E-state index is 12.6. The van der Waals surface area contributed by atoms with Gasteiger partial charge in [-0.05, 0) is 38.3 Å². The fraction of sp³-hybridized carbons (Fsp3) is 0.556. The number of halogens is 1. The van der Waals surface area contributed by atoms with Crippen LogP contribution in [-0.4, -0.2) is 39.4 Å². The van der Waals surface area contributed by atoms with Gasteiger partial charge in [0, 0.05) is 19.0 Å². The Labute approximate surface area is 149 Å². The van der Waals surface area contributed by atoms with Crippen LogP contribution in [0.25, 0.3) is 11.0 Å². The van der Waals surface area contributed by atoms with Crippen LogP contribution in [0.2, 0.25) is 0 Å². The third kappa shape index (κ3) is 3.73. The van der Waals surface area contributed by atoms with Gasteiger partial charge in [-0.1, -0.05) is 25.5 Å². The van der Waals surface area contributed by atoms with Gasteiger partial charge in [0.25, 0.3) is 0 Å². The molecule has 1 saturated heterocycles. The van der Waals surface area contributed by atoms with Gasteiger partial charge in [-0.15, -0.1) is 12.4 Å². The minimum absolute atomic E-state index is 0. The standard InChI is InChI=1S/C18H26N4O.ClH/c1-3-10-18(2,19)17(23)22-11-8-13(9-12-22)16-20-14-6-4-5-7-15(14)21-16;/h4-7,13H,3,8-12,19H2,1-2H3,(H,20,21);1H. The average Bonchev–Trinajstić information content (AvgIpc) is 2.98. The summed E-state index contributed by atoms with van der Waals surface area (Å²) < 4.78 is 0. The van der Waals surface area contributed by atoms with E-state index < -0.39 is 5.54 Å². The number of nitrogens with one attached hydrogen (secondary N) is 1. The van der Waals surface area contributed by atoms with Crippen LogP contribution in [0.5, 0.6) is 0 Å². The molecule has 1 amide bonds. The highest BCUT2D eigenvalue weighted by molar-refractivity contribution is 5.86. The van der Waals surface area contributed by atoms with Crippen molar-refractivity contribution in [3.8, 4) is 0 Å². The Kier molecular flexibility index (Phi) is 5.88. The molecule has 2 heterocycles. The van der Waals surface area contributed by atoms with E-state index >= 15 is 0 Å². The van der Waals surface area contributed by atoms with E-state index in [-0.39, 0.29) is 18.3 Å². The normalized spacial score (nSPS) is 18.2. The maximum Gasteiger partial charge on any atom is 0.242 e. The number of benzene rings is 1. The van der Waals surface area contributed by atoms with Crippen molar-refractivity contribution in [2.45, 2.75) is 51.0 Å². The molecule has 1 aliphatic rings. The summed E-state index contributed by atoms with van der Waals surface area (Å²) in [6, 6.07) is 8.10. The molecular weight excluding hydrogens is 324 g/mol. The molecule has 1 aromatic heterocycles. The molecule has 1 aromatic carbocycles. The molecule has 1 unspecified atom stereocenters. The second-order valence-electron chi connectivity index (χ2n) is 6.87. The van der Waals surface area contributed by atoms with E-state index in [9.17, 15) is 4.79 Å². The molecular formula is C18H27ClN4O. The number of carbonyl (C=O) groups is 1. The number of rotatable bonds is 4. The van der Waals surface area contributed by atoms with Crippen LogP contribution in [0, 0.1) is 0 Å². The van der Waals surface area contributed by atoms with Gasteiger partial charge < -0.3 is 15.6 Å². The summed E-state index contributed by atoms with van der Waals surface area (Å²) in [5, 5.41) is 0. The van der Waals surface area contributed by atoms with Gasteiger partial charge in [-0.3, -0.25) is 4.79 Å². The number of H-pyrrole nitrogens is 1.